The first-order valence-electron chi connectivity index (χ1n) is 6.13. The number of carbonyl (C=O) groups is 1. The Morgan fingerprint density at radius 3 is 2.68 bits per heavy atom. The van der Waals surface area contributed by atoms with Gasteiger partial charge in [-0.2, -0.15) is 5.26 Å². The number of nitriles is 1. The second-order valence-corrected chi connectivity index (χ2v) is 6.06. The van der Waals surface area contributed by atoms with Crippen LogP contribution in [0, 0.1) is 11.3 Å². The van der Waals surface area contributed by atoms with E-state index in [0.29, 0.717) is 15.7 Å². The fraction of sp³-hybridized carbons (Fsp3) is 0. The molecule has 1 N–H and O–H groups in total. The molecule has 6 heteroatoms. The van der Waals surface area contributed by atoms with Crippen LogP contribution < -0.4 is 5.32 Å². The van der Waals surface area contributed by atoms with Gasteiger partial charge in [-0.05, 0) is 42.0 Å². The lowest BCUT2D eigenvalue weighted by atomic mass is 10.1. The number of benzene rings is 2. The summed E-state index contributed by atoms with van der Waals surface area (Å²) in [5, 5.41) is 12.5. The van der Waals surface area contributed by atoms with Crippen LogP contribution >= 0.6 is 39.1 Å². The third-order valence-electron chi connectivity index (χ3n) is 2.70. The molecular formula is C16H9BrCl2N2O. The Balaban J connectivity index is 2.26. The molecular weight excluding hydrogens is 387 g/mol. The van der Waals surface area contributed by atoms with E-state index in [9.17, 15) is 10.1 Å². The molecule has 0 heterocycles. The molecule has 0 saturated heterocycles. The second kappa shape index (κ2) is 7.46. The summed E-state index contributed by atoms with van der Waals surface area (Å²) < 4.78 is 0.858. The fourth-order valence-corrected chi connectivity index (χ4v) is 2.45. The first-order chi connectivity index (χ1) is 10.5. The number of carbonyl (C=O) groups excluding carboxylic acids is 1. The van der Waals surface area contributed by atoms with E-state index in [1.54, 1.807) is 24.3 Å². The zero-order valence-corrected chi connectivity index (χ0v) is 14.2. The molecule has 0 aliphatic carbocycles. The van der Waals surface area contributed by atoms with Crippen molar-refractivity contribution in [3.05, 3.63) is 68.1 Å². The summed E-state index contributed by atoms with van der Waals surface area (Å²) in [6.07, 6.45) is 1.50. The van der Waals surface area contributed by atoms with Gasteiger partial charge in [-0.15, -0.1) is 0 Å². The Kier molecular flexibility index (Phi) is 5.62. The third-order valence-corrected chi connectivity index (χ3v) is 3.76. The minimum atomic E-state index is -0.549. The molecule has 0 bridgehead atoms. The molecule has 0 aliphatic heterocycles. The summed E-state index contributed by atoms with van der Waals surface area (Å²) in [7, 11) is 0. The maximum atomic E-state index is 12.2. The van der Waals surface area contributed by atoms with E-state index in [0.717, 1.165) is 10.0 Å². The second-order valence-electron chi connectivity index (χ2n) is 4.30. The highest BCUT2D eigenvalue weighted by Crippen LogP contribution is 2.26. The van der Waals surface area contributed by atoms with Gasteiger partial charge in [0.15, 0.2) is 0 Å². The predicted octanol–water partition coefficient (Wildman–Crippen LogP) is 5.30. The van der Waals surface area contributed by atoms with E-state index < -0.39 is 5.91 Å². The molecule has 2 aromatic rings. The quantitative estimate of drug-likeness (QED) is 0.566. The number of nitrogens with zero attached hydrogens (tertiary/aromatic N) is 1. The van der Waals surface area contributed by atoms with Crippen molar-refractivity contribution in [2.24, 2.45) is 0 Å². The highest BCUT2D eigenvalue weighted by molar-refractivity contribution is 9.10. The van der Waals surface area contributed by atoms with Crippen molar-refractivity contribution in [1.29, 1.82) is 5.26 Å². The van der Waals surface area contributed by atoms with Crippen molar-refractivity contribution in [1.82, 2.24) is 0 Å². The first kappa shape index (κ1) is 16.6. The number of rotatable bonds is 3. The average Bonchev–Trinajstić information content (AvgIpc) is 2.48. The number of hydrogen-bond donors (Lipinski definition) is 1. The molecule has 3 nitrogen and oxygen atoms in total. The van der Waals surface area contributed by atoms with Crippen LogP contribution in [-0.4, -0.2) is 5.91 Å². The highest BCUT2D eigenvalue weighted by Gasteiger charge is 2.12. The molecule has 0 fully saturated rings. The predicted molar refractivity (Wildman–Crippen MR) is 92.8 cm³/mol. The zero-order valence-electron chi connectivity index (χ0n) is 11.1. The van der Waals surface area contributed by atoms with E-state index in [1.165, 1.54) is 12.1 Å². The van der Waals surface area contributed by atoms with Gasteiger partial charge < -0.3 is 5.32 Å². The van der Waals surface area contributed by atoms with Crippen LogP contribution in [0.25, 0.3) is 6.08 Å². The van der Waals surface area contributed by atoms with Crippen molar-refractivity contribution < 1.29 is 4.79 Å². The van der Waals surface area contributed by atoms with E-state index in [2.05, 4.69) is 21.2 Å². The average molecular weight is 396 g/mol. The number of nitrogens with one attached hydrogen (secondary N) is 1. The van der Waals surface area contributed by atoms with E-state index >= 15 is 0 Å². The molecule has 110 valence electrons. The fourth-order valence-electron chi connectivity index (χ4n) is 1.69. The van der Waals surface area contributed by atoms with Gasteiger partial charge in [0.25, 0.3) is 5.91 Å². The van der Waals surface area contributed by atoms with Crippen LogP contribution in [0.1, 0.15) is 5.56 Å². The standard InChI is InChI=1S/C16H9BrCl2N2O/c17-12-3-1-2-10(7-12)6-11(9-20)16(22)21-15-8-13(18)4-5-14(15)19/h1-8H,(H,21,22)/b11-6-. The van der Waals surface area contributed by atoms with E-state index in [-0.39, 0.29) is 5.57 Å². The zero-order chi connectivity index (χ0) is 16.1. The molecule has 0 atom stereocenters. The summed E-state index contributed by atoms with van der Waals surface area (Å²) in [4.78, 5) is 12.2. The number of hydrogen-bond acceptors (Lipinski definition) is 2. The number of halogens is 3. The van der Waals surface area contributed by atoms with Gasteiger partial charge in [-0.1, -0.05) is 51.3 Å². The largest absolute Gasteiger partial charge is 0.320 e. The lowest BCUT2D eigenvalue weighted by molar-refractivity contribution is -0.112. The van der Waals surface area contributed by atoms with Gasteiger partial charge in [0.2, 0.25) is 0 Å². The van der Waals surface area contributed by atoms with Crippen LogP contribution in [0.3, 0.4) is 0 Å². The maximum Gasteiger partial charge on any atom is 0.266 e. The lowest BCUT2D eigenvalue weighted by Gasteiger charge is -2.07. The summed E-state index contributed by atoms with van der Waals surface area (Å²) >= 11 is 15.2. The van der Waals surface area contributed by atoms with Crippen LogP contribution in [0.2, 0.25) is 10.0 Å². The van der Waals surface area contributed by atoms with Crippen molar-refractivity contribution >= 4 is 56.8 Å². The van der Waals surface area contributed by atoms with Gasteiger partial charge in [0.05, 0.1) is 10.7 Å². The molecule has 0 radical (unpaired) electrons. The molecule has 0 saturated carbocycles. The van der Waals surface area contributed by atoms with Gasteiger partial charge in [0.1, 0.15) is 11.6 Å². The summed E-state index contributed by atoms with van der Waals surface area (Å²) in [5.74, 6) is -0.549. The molecule has 0 aliphatic rings. The molecule has 1 amide bonds. The molecule has 2 rings (SSSR count). The molecule has 0 unspecified atom stereocenters. The Labute approximate surface area is 146 Å². The van der Waals surface area contributed by atoms with Gasteiger partial charge in [-0.3, -0.25) is 4.79 Å². The molecule has 22 heavy (non-hydrogen) atoms. The SMILES string of the molecule is N#C/C(=C/c1cccc(Br)c1)C(=O)Nc1cc(Cl)ccc1Cl. The van der Waals surface area contributed by atoms with E-state index in [1.807, 2.05) is 18.2 Å². The molecule has 2 aromatic carbocycles. The third kappa shape index (κ3) is 4.35. The smallest absolute Gasteiger partial charge is 0.266 e. The lowest BCUT2D eigenvalue weighted by Crippen LogP contribution is -2.13. The summed E-state index contributed by atoms with van der Waals surface area (Å²) in [6, 6.07) is 13.9. The van der Waals surface area contributed by atoms with Gasteiger partial charge in [0, 0.05) is 9.50 Å². The van der Waals surface area contributed by atoms with Crippen molar-refractivity contribution in [2.75, 3.05) is 5.32 Å². The van der Waals surface area contributed by atoms with Crippen molar-refractivity contribution in [3.63, 3.8) is 0 Å². The van der Waals surface area contributed by atoms with E-state index in [4.69, 9.17) is 23.2 Å². The summed E-state index contributed by atoms with van der Waals surface area (Å²) in [6.45, 7) is 0. The minimum absolute atomic E-state index is 0.0332. The normalized spacial score (nSPS) is 10.9. The van der Waals surface area contributed by atoms with Crippen LogP contribution in [0.4, 0.5) is 5.69 Å². The molecule has 0 aromatic heterocycles. The Hall–Kier alpha value is -1.80. The van der Waals surface area contributed by atoms with Gasteiger partial charge >= 0.3 is 0 Å². The number of anilines is 1. The monoisotopic (exact) mass is 394 g/mol. The first-order valence-corrected chi connectivity index (χ1v) is 7.68. The topological polar surface area (TPSA) is 52.9 Å². The van der Waals surface area contributed by atoms with Crippen molar-refractivity contribution in [2.45, 2.75) is 0 Å². The molecule has 0 spiro atoms. The van der Waals surface area contributed by atoms with Crippen molar-refractivity contribution in [3.8, 4) is 6.07 Å². The maximum absolute atomic E-state index is 12.2. The number of amides is 1. The highest BCUT2D eigenvalue weighted by atomic mass is 79.9. The Morgan fingerprint density at radius 1 is 1.23 bits per heavy atom. The Morgan fingerprint density at radius 2 is 2.00 bits per heavy atom. The summed E-state index contributed by atoms with van der Waals surface area (Å²) in [5.41, 5.74) is 1.06. The van der Waals surface area contributed by atoms with Crippen LogP contribution in [-0.2, 0) is 4.79 Å². The van der Waals surface area contributed by atoms with Gasteiger partial charge in [-0.25, -0.2) is 0 Å². The van der Waals surface area contributed by atoms with Crippen LogP contribution in [0.5, 0.6) is 0 Å². The minimum Gasteiger partial charge on any atom is -0.320 e. The Bertz CT molecular complexity index is 797. The van der Waals surface area contributed by atoms with Crippen LogP contribution in [0.15, 0.2) is 52.5 Å².